The summed E-state index contributed by atoms with van der Waals surface area (Å²) in [6.07, 6.45) is 3.86. The molecular formula is C17H19N. The Morgan fingerprint density at radius 1 is 1.11 bits per heavy atom. The van der Waals surface area contributed by atoms with E-state index < -0.39 is 0 Å². The average molecular weight is 237 g/mol. The van der Waals surface area contributed by atoms with Crippen LogP contribution in [0.15, 0.2) is 49.1 Å². The van der Waals surface area contributed by atoms with Crippen LogP contribution in [-0.2, 0) is 6.54 Å². The Morgan fingerprint density at radius 2 is 1.67 bits per heavy atom. The minimum absolute atomic E-state index is 0.792. The predicted molar refractivity (Wildman–Crippen MR) is 80.8 cm³/mol. The van der Waals surface area contributed by atoms with Crippen LogP contribution in [0.1, 0.15) is 12.8 Å². The van der Waals surface area contributed by atoms with E-state index in [2.05, 4.69) is 43.0 Å². The third-order valence-electron chi connectivity index (χ3n) is 3.28. The first-order valence-corrected chi connectivity index (χ1v) is 6.18. The molecule has 0 radical (unpaired) electrons. The van der Waals surface area contributed by atoms with Crippen molar-refractivity contribution in [2.75, 3.05) is 0 Å². The van der Waals surface area contributed by atoms with Crippen molar-refractivity contribution in [2.24, 2.45) is 0 Å². The highest BCUT2D eigenvalue weighted by Crippen LogP contribution is 2.08. The van der Waals surface area contributed by atoms with Gasteiger partial charge in [0.15, 0.2) is 0 Å². The normalized spacial score (nSPS) is 10.7. The van der Waals surface area contributed by atoms with Gasteiger partial charge in [0.2, 0.25) is 0 Å². The molecule has 2 rings (SSSR count). The van der Waals surface area contributed by atoms with Crippen LogP contribution in [-0.4, -0.2) is 4.57 Å². The fourth-order valence-corrected chi connectivity index (χ4v) is 2.24. The SMILES string of the molecule is C=CCCC(=C)Cn1c(=C)c2ccccc2c1=C. The molecule has 1 heteroatoms. The molecule has 0 amide bonds. The summed E-state index contributed by atoms with van der Waals surface area (Å²) in [6, 6.07) is 8.26. The van der Waals surface area contributed by atoms with Crippen molar-refractivity contribution in [1.29, 1.82) is 0 Å². The quantitative estimate of drug-likeness (QED) is 0.705. The van der Waals surface area contributed by atoms with Crippen LogP contribution in [0.4, 0.5) is 0 Å². The Morgan fingerprint density at radius 3 is 2.17 bits per heavy atom. The first-order valence-electron chi connectivity index (χ1n) is 6.18. The Bertz CT molecular complexity index is 641. The average Bonchev–Trinajstić information content (AvgIpc) is 2.62. The fraction of sp³-hybridized carbons (Fsp3) is 0.176. The van der Waals surface area contributed by atoms with Gasteiger partial charge in [-0.2, -0.15) is 0 Å². The van der Waals surface area contributed by atoms with Crippen molar-refractivity contribution < 1.29 is 0 Å². The molecule has 0 spiro atoms. The maximum Gasteiger partial charge on any atom is 0.0438 e. The van der Waals surface area contributed by atoms with E-state index >= 15 is 0 Å². The number of nitrogens with zero attached hydrogens (tertiary/aromatic N) is 1. The van der Waals surface area contributed by atoms with Crippen LogP contribution >= 0.6 is 0 Å². The van der Waals surface area contributed by atoms with Gasteiger partial charge in [-0.05, 0) is 12.8 Å². The summed E-state index contributed by atoms with van der Waals surface area (Å²) in [5.74, 6) is 0. The Hall–Kier alpha value is -2.02. The van der Waals surface area contributed by atoms with Gasteiger partial charge in [-0.1, -0.05) is 55.7 Å². The molecule has 0 aliphatic rings. The van der Waals surface area contributed by atoms with Gasteiger partial charge in [0.05, 0.1) is 0 Å². The molecule has 0 fully saturated rings. The van der Waals surface area contributed by atoms with E-state index in [0.29, 0.717) is 0 Å². The van der Waals surface area contributed by atoms with Crippen molar-refractivity contribution in [3.05, 3.63) is 59.8 Å². The predicted octanol–water partition coefficient (Wildman–Crippen LogP) is 2.98. The van der Waals surface area contributed by atoms with E-state index in [1.165, 1.54) is 16.3 Å². The number of benzene rings is 1. The van der Waals surface area contributed by atoms with Crippen molar-refractivity contribution in [1.82, 2.24) is 4.57 Å². The Labute approximate surface area is 108 Å². The zero-order valence-electron chi connectivity index (χ0n) is 10.8. The second-order valence-electron chi connectivity index (χ2n) is 4.60. The number of hydrogen-bond donors (Lipinski definition) is 0. The molecule has 1 aromatic heterocycles. The molecule has 1 heterocycles. The monoisotopic (exact) mass is 237 g/mol. The smallest absolute Gasteiger partial charge is 0.0438 e. The first-order chi connectivity index (χ1) is 8.65. The van der Waals surface area contributed by atoms with Crippen LogP contribution in [0.3, 0.4) is 0 Å². The second-order valence-corrected chi connectivity index (χ2v) is 4.60. The van der Waals surface area contributed by atoms with Crippen molar-refractivity contribution in [2.45, 2.75) is 19.4 Å². The van der Waals surface area contributed by atoms with Crippen molar-refractivity contribution in [3.8, 4) is 0 Å². The third-order valence-corrected chi connectivity index (χ3v) is 3.28. The highest BCUT2D eigenvalue weighted by molar-refractivity contribution is 5.83. The van der Waals surface area contributed by atoms with E-state index in [1.54, 1.807) is 0 Å². The van der Waals surface area contributed by atoms with E-state index in [1.807, 2.05) is 18.2 Å². The van der Waals surface area contributed by atoms with Crippen LogP contribution in [0.2, 0.25) is 0 Å². The number of hydrogen-bond acceptors (Lipinski definition) is 0. The standard InChI is InChI=1S/C17H19N/c1-5-6-9-13(2)12-18-14(3)16-10-7-8-11-17(16)15(18)4/h5,7-8,10-11H,1-4,6,9,12H2. The molecule has 0 bridgehead atoms. The first kappa shape index (κ1) is 12.4. The summed E-state index contributed by atoms with van der Waals surface area (Å²) in [7, 11) is 0. The third kappa shape index (κ3) is 2.17. The lowest BCUT2D eigenvalue weighted by molar-refractivity contribution is 0.721. The topological polar surface area (TPSA) is 4.93 Å². The molecule has 0 saturated heterocycles. The van der Waals surface area contributed by atoms with Crippen LogP contribution in [0.5, 0.6) is 0 Å². The van der Waals surface area contributed by atoms with Gasteiger partial charge in [-0.25, -0.2) is 0 Å². The highest BCUT2D eigenvalue weighted by atomic mass is 15.0. The van der Waals surface area contributed by atoms with Gasteiger partial charge in [0, 0.05) is 28.0 Å². The van der Waals surface area contributed by atoms with Crippen LogP contribution < -0.4 is 10.7 Å². The molecule has 92 valence electrons. The van der Waals surface area contributed by atoms with Crippen LogP contribution in [0.25, 0.3) is 23.9 Å². The molecule has 2 aromatic rings. The van der Waals surface area contributed by atoms with E-state index in [9.17, 15) is 0 Å². The molecule has 0 atom stereocenters. The summed E-state index contributed by atoms with van der Waals surface area (Å²) >= 11 is 0. The summed E-state index contributed by atoms with van der Waals surface area (Å²) < 4.78 is 2.15. The summed E-state index contributed by atoms with van der Waals surface area (Å²) in [6.45, 7) is 17.0. The molecule has 0 saturated carbocycles. The van der Waals surface area contributed by atoms with Gasteiger partial charge < -0.3 is 4.57 Å². The second kappa shape index (κ2) is 5.09. The molecule has 1 aromatic carbocycles. The lowest BCUT2D eigenvalue weighted by Gasteiger charge is -2.06. The molecule has 0 unspecified atom stereocenters. The Kier molecular flexibility index (Phi) is 3.52. The molecule has 0 N–H and O–H groups in total. The molecule has 0 aliphatic heterocycles. The van der Waals surface area contributed by atoms with Gasteiger partial charge in [-0.3, -0.25) is 0 Å². The number of allylic oxidation sites excluding steroid dienone is 2. The minimum atomic E-state index is 0.792. The van der Waals surface area contributed by atoms with Crippen LogP contribution in [0, 0.1) is 0 Å². The van der Waals surface area contributed by atoms with Gasteiger partial charge in [0.25, 0.3) is 0 Å². The summed E-state index contributed by atoms with van der Waals surface area (Å²) in [4.78, 5) is 0. The maximum absolute atomic E-state index is 4.16. The minimum Gasteiger partial charge on any atom is -0.337 e. The molecular weight excluding hydrogens is 218 g/mol. The van der Waals surface area contributed by atoms with Gasteiger partial charge in [0.1, 0.15) is 0 Å². The lowest BCUT2D eigenvalue weighted by atomic mass is 10.1. The highest BCUT2D eigenvalue weighted by Gasteiger charge is 2.04. The fourth-order valence-electron chi connectivity index (χ4n) is 2.24. The zero-order valence-corrected chi connectivity index (χ0v) is 10.8. The number of fused-ring (bicyclic) bond motifs is 1. The van der Waals surface area contributed by atoms with Gasteiger partial charge >= 0.3 is 0 Å². The molecule has 0 aliphatic carbocycles. The number of rotatable bonds is 5. The summed E-state index contributed by atoms with van der Waals surface area (Å²) in [5.41, 5.74) is 1.19. The maximum atomic E-state index is 4.16. The molecule has 18 heavy (non-hydrogen) atoms. The van der Waals surface area contributed by atoms with Gasteiger partial charge in [-0.15, -0.1) is 6.58 Å². The zero-order chi connectivity index (χ0) is 13.1. The van der Waals surface area contributed by atoms with Crippen molar-refractivity contribution >= 4 is 23.9 Å². The van der Waals surface area contributed by atoms with E-state index in [4.69, 9.17) is 0 Å². The van der Waals surface area contributed by atoms with E-state index in [0.717, 1.165) is 30.1 Å². The summed E-state index contributed by atoms with van der Waals surface area (Å²) in [5, 5.41) is 4.41. The van der Waals surface area contributed by atoms with E-state index in [-0.39, 0.29) is 0 Å². The number of aromatic nitrogens is 1. The van der Waals surface area contributed by atoms with Crippen molar-refractivity contribution in [3.63, 3.8) is 0 Å². The Balaban J connectivity index is 2.40. The lowest BCUT2D eigenvalue weighted by Crippen LogP contribution is -2.25. The largest absolute Gasteiger partial charge is 0.337 e. The molecule has 1 nitrogen and oxygen atoms in total.